The number of H-pyrrole nitrogens is 2. The van der Waals surface area contributed by atoms with Crippen molar-refractivity contribution in [3.05, 3.63) is 39.6 Å². The summed E-state index contributed by atoms with van der Waals surface area (Å²) in [5.41, 5.74) is 5.10. The van der Waals surface area contributed by atoms with Crippen molar-refractivity contribution < 1.29 is 23.4 Å². The number of aryl methyl sites for hydroxylation is 1. The normalized spacial score (nSPS) is 15.5. The number of nitrogens with zero attached hydrogens (tertiary/aromatic N) is 1. The van der Waals surface area contributed by atoms with Crippen molar-refractivity contribution in [3.8, 4) is 23.0 Å². The molecular weight excluding hydrogens is 670 g/mol. The number of anilines is 1. The SMILES string of the molecule is COc1cc2cc(C(=O)N3CC(CBr)c4c3cc(O[Si](C)(C)C(C)(C)C)c3[nH]c(C)c(Br)c43)[nH]c2c(OC)c1OC. The van der Waals surface area contributed by atoms with E-state index < -0.39 is 8.32 Å². The van der Waals surface area contributed by atoms with Gasteiger partial charge in [-0.3, -0.25) is 4.79 Å². The minimum Gasteiger partial charge on any atom is -0.542 e. The second-order valence-electron chi connectivity index (χ2n) is 12.0. The van der Waals surface area contributed by atoms with Gasteiger partial charge in [-0.25, -0.2) is 0 Å². The Hall–Kier alpha value is -2.63. The predicted octanol–water partition coefficient (Wildman–Crippen LogP) is 8.27. The number of rotatable bonds is 7. The number of aromatic amines is 2. The fraction of sp³-hybridized carbons (Fsp3) is 0.433. The van der Waals surface area contributed by atoms with E-state index in [1.807, 2.05) is 24.0 Å². The number of fused-ring (bicyclic) bond motifs is 4. The Bertz CT molecular complexity index is 1670. The largest absolute Gasteiger partial charge is 0.542 e. The van der Waals surface area contributed by atoms with E-state index >= 15 is 0 Å². The summed E-state index contributed by atoms with van der Waals surface area (Å²) in [4.78, 5) is 23.0. The number of nitrogens with one attached hydrogen (secondary N) is 2. The van der Waals surface area contributed by atoms with E-state index in [0.29, 0.717) is 40.3 Å². The first-order valence-electron chi connectivity index (χ1n) is 13.5. The lowest BCUT2D eigenvalue weighted by Crippen LogP contribution is -2.44. The molecule has 1 unspecified atom stereocenters. The molecule has 1 aliphatic rings. The molecule has 4 aromatic rings. The number of benzene rings is 2. The highest BCUT2D eigenvalue weighted by molar-refractivity contribution is 9.10. The second kappa shape index (κ2) is 10.6. The summed E-state index contributed by atoms with van der Waals surface area (Å²) in [7, 11) is 2.53. The smallest absolute Gasteiger partial charge is 0.274 e. The lowest BCUT2D eigenvalue weighted by atomic mass is 9.99. The molecule has 1 amide bonds. The van der Waals surface area contributed by atoms with Crippen LogP contribution >= 0.6 is 31.9 Å². The van der Waals surface area contributed by atoms with E-state index in [-0.39, 0.29) is 16.9 Å². The van der Waals surface area contributed by atoms with E-state index in [0.717, 1.165) is 43.5 Å². The summed E-state index contributed by atoms with van der Waals surface area (Å²) < 4.78 is 24.6. The highest BCUT2D eigenvalue weighted by Crippen LogP contribution is 2.51. The van der Waals surface area contributed by atoms with Gasteiger partial charge in [0.2, 0.25) is 5.75 Å². The molecule has 0 radical (unpaired) electrons. The maximum Gasteiger partial charge on any atom is 0.274 e. The van der Waals surface area contributed by atoms with Gasteiger partial charge in [0.05, 0.1) is 38.1 Å². The molecule has 5 rings (SSSR count). The van der Waals surface area contributed by atoms with Crippen molar-refractivity contribution in [2.75, 3.05) is 38.1 Å². The molecule has 0 bridgehead atoms. The van der Waals surface area contributed by atoms with Gasteiger partial charge in [-0.2, -0.15) is 0 Å². The van der Waals surface area contributed by atoms with Gasteiger partial charge in [0, 0.05) is 44.8 Å². The topological polar surface area (TPSA) is 88.8 Å². The zero-order valence-corrected chi connectivity index (χ0v) is 29.1. The number of aromatic nitrogens is 2. The van der Waals surface area contributed by atoms with Crippen LogP contribution in [0.3, 0.4) is 0 Å². The molecule has 1 aliphatic heterocycles. The van der Waals surface area contributed by atoms with E-state index in [2.05, 4.69) is 81.8 Å². The van der Waals surface area contributed by atoms with Crippen LogP contribution < -0.4 is 23.5 Å². The van der Waals surface area contributed by atoms with Crippen LogP contribution in [-0.2, 0) is 0 Å². The van der Waals surface area contributed by atoms with Gasteiger partial charge in [-0.15, -0.1) is 0 Å². The summed E-state index contributed by atoms with van der Waals surface area (Å²) >= 11 is 7.57. The van der Waals surface area contributed by atoms with Crippen molar-refractivity contribution in [2.45, 2.75) is 51.7 Å². The maximum absolute atomic E-state index is 14.3. The van der Waals surface area contributed by atoms with Gasteiger partial charge >= 0.3 is 0 Å². The van der Waals surface area contributed by atoms with Crippen LogP contribution in [0.5, 0.6) is 23.0 Å². The molecule has 2 aromatic heterocycles. The number of methoxy groups -OCH3 is 3. The summed E-state index contributed by atoms with van der Waals surface area (Å²) in [5.74, 6) is 2.23. The lowest BCUT2D eigenvalue weighted by Gasteiger charge is -2.36. The van der Waals surface area contributed by atoms with Crippen LogP contribution in [0.1, 0.15) is 48.4 Å². The Morgan fingerprint density at radius 1 is 1.02 bits per heavy atom. The third kappa shape index (κ3) is 4.73. The van der Waals surface area contributed by atoms with E-state index in [1.54, 1.807) is 21.3 Å². The number of ether oxygens (including phenoxy) is 3. The van der Waals surface area contributed by atoms with Crippen LogP contribution in [0, 0.1) is 6.92 Å². The molecule has 1 atom stereocenters. The zero-order chi connectivity index (χ0) is 30.0. The molecule has 0 saturated heterocycles. The van der Waals surface area contributed by atoms with E-state index in [4.69, 9.17) is 18.6 Å². The Morgan fingerprint density at radius 2 is 1.71 bits per heavy atom. The Morgan fingerprint density at radius 3 is 2.29 bits per heavy atom. The fourth-order valence-electron chi connectivity index (χ4n) is 5.32. The number of carbonyl (C=O) groups excluding carboxylic acids is 1. The molecular formula is C30H37Br2N3O5Si. The first kappa shape index (κ1) is 29.8. The third-order valence-corrected chi connectivity index (χ3v) is 14.6. The molecule has 2 N–H and O–H groups in total. The molecule has 2 aromatic carbocycles. The average molecular weight is 708 g/mol. The summed E-state index contributed by atoms with van der Waals surface area (Å²) in [5, 5.41) is 2.59. The van der Waals surface area contributed by atoms with Crippen molar-refractivity contribution in [2.24, 2.45) is 0 Å². The molecule has 3 heterocycles. The quantitative estimate of drug-likeness (QED) is 0.149. The second-order valence-corrected chi connectivity index (χ2v) is 18.2. The van der Waals surface area contributed by atoms with Gasteiger partial charge in [0.25, 0.3) is 14.2 Å². The highest BCUT2D eigenvalue weighted by Gasteiger charge is 2.42. The number of alkyl halides is 1. The fourth-order valence-corrected chi connectivity index (χ4v) is 7.38. The van der Waals surface area contributed by atoms with Crippen LogP contribution in [-0.4, -0.2) is 57.4 Å². The summed E-state index contributed by atoms with van der Waals surface area (Å²) in [6.07, 6.45) is 0. The van der Waals surface area contributed by atoms with E-state index in [1.165, 1.54) is 0 Å². The first-order valence-corrected chi connectivity index (χ1v) is 18.3. The molecule has 0 aliphatic carbocycles. The van der Waals surface area contributed by atoms with Gasteiger partial charge < -0.3 is 33.5 Å². The standard InChI is InChI=1S/C30H37Br2N3O5Si/c1-15-24(32)23-22-17(13-31)14-35(19(22)12-20(26(23)33-15)40-41(8,9)30(2,3)4)29(36)18-10-16-11-21(37-5)27(38-6)28(39-7)25(16)34-18/h10-12,17,33-34H,13-14H2,1-9H3. The van der Waals surface area contributed by atoms with Crippen molar-refractivity contribution in [1.29, 1.82) is 0 Å². The molecule has 11 heteroatoms. The molecule has 0 fully saturated rings. The first-order chi connectivity index (χ1) is 19.3. The molecule has 220 valence electrons. The van der Waals surface area contributed by atoms with Gasteiger partial charge in [0.1, 0.15) is 11.4 Å². The van der Waals surface area contributed by atoms with Crippen molar-refractivity contribution in [1.82, 2.24) is 9.97 Å². The Kier molecular flexibility index (Phi) is 7.70. The van der Waals surface area contributed by atoms with Gasteiger partial charge in [-0.05, 0) is 58.7 Å². The Labute approximate surface area is 258 Å². The number of carbonyl (C=O) groups is 1. The van der Waals surface area contributed by atoms with Crippen LogP contribution in [0.25, 0.3) is 21.8 Å². The lowest BCUT2D eigenvalue weighted by molar-refractivity contribution is 0.0984. The Balaban J connectivity index is 1.68. The van der Waals surface area contributed by atoms with Crippen LogP contribution in [0.15, 0.2) is 22.7 Å². The molecule has 41 heavy (non-hydrogen) atoms. The van der Waals surface area contributed by atoms with Gasteiger partial charge in [0.15, 0.2) is 11.5 Å². The summed E-state index contributed by atoms with van der Waals surface area (Å²) in [6, 6.07) is 5.74. The maximum atomic E-state index is 14.3. The monoisotopic (exact) mass is 705 g/mol. The van der Waals surface area contributed by atoms with Crippen molar-refractivity contribution >= 4 is 73.6 Å². The average Bonchev–Trinajstić information content (AvgIpc) is 3.59. The number of hydrogen-bond donors (Lipinski definition) is 2. The minimum absolute atomic E-state index is 0.0105. The molecule has 0 saturated carbocycles. The molecule has 8 nitrogen and oxygen atoms in total. The highest BCUT2D eigenvalue weighted by atomic mass is 79.9. The number of amides is 1. The van der Waals surface area contributed by atoms with E-state index in [9.17, 15) is 4.79 Å². The summed E-state index contributed by atoms with van der Waals surface area (Å²) in [6.45, 7) is 13.7. The van der Waals surface area contributed by atoms with Gasteiger partial charge in [-0.1, -0.05) is 36.7 Å². The molecule has 0 spiro atoms. The third-order valence-electron chi connectivity index (χ3n) is 8.53. The van der Waals surface area contributed by atoms with Crippen molar-refractivity contribution in [3.63, 3.8) is 0 Å². The minimum atomic E-state index is -2.18. The zero-order valence-electron chi connectivity index (χ0n) is 25.0. The number of hydrogen-bond acceptors (Lipinski definition) is 5. The van der Waals surface area contributed by atoms with Crippen LogP contribution in [0.4, 0.5) is 5.69 Å². The predicted molar refractivity (Wildman–Crippen MR) is 175 cm³/mol. The van der Waals surface area contributed by atoms with Crippen LogP contribution in [0.2, 0.25) is 18.1 Å². The number of halogens is 2.